The summed E-state index contributed by atoms with van der Waals surface area (Å²) in [6.07, 6.45) is 3.87. The molecule has 1 aliphatic carbocycles. The van der Waals surface area contributed by atoms with Gasteiger partial charge in [-0.15, -0.1) is 12.4 Å². The molecule has 2 aliphatic rings. The van der Waals surface area contributed by atoms with Crippen LogP contribution in [0.1, 0.15) is 48.4 Å². The number of nitrogens with two attached hydrogens (primary N) is 1. The predicted molar refractivity (Wildman–Crippen MR) is 105 cm³/mol. The highest BCUT2D eigenvalue weighted by Crippen LogP contribution is 2.32. The van der Waals surface area contributed by atoms with Crippen LogP contribution in [0.5, 0.6) is 0 Å². The van der Waals surface area contributed by atoms with Gasteiger partial charge in [0.05, 0.1) is 5.69 Å². The first kappa shape index (κ1) is 18.9. The Hall–Kier alpha value is -1.85. The number of amides is 1. The lowest BCUT2D eigenvalue weighted by Crippen LogP contribution is -2.54. The third-order valence-electron chi connectivity index (χ3n) is 5.73. The molecule has 140 valence electrons. The Balaban J connectivity index is 0.00000196. The van der Waals surface area contributed by atoms with Crippen LogP contribution in [-0.2, 0) is 12.8 Å². The van der Waals surface area contributed by atoms with E-state index in [1.54, 1.807) is 0 Å². The number of nitrogens with zero attached hydrogens (tertiary/aromatic N) is 3. The van der Waals surface area contributed by atoms with E-state index in [1.807, 2.05) is 39.9 Å². The first-order chi connectivity index (χ1) is 12.0. The van der Waals surface area contributed by atoms with E-state index in [2.05, 4.69) is 13.8 Å². The Morgan fingerprint density at radius 1 is 1.23 bits per heavy atom. The van der Waals surface area contributed by atoms with E-state index >= 15 is 0 Å². The maximum absolute atomic E-state index is 13.2. The molecule has 1 atom stereocenters. The van der Waals surface area contributed by atoms with Gasteiger partial charge < -0.3 is 10.6 Å². The molecule has 5 nitrogen and oxygen atoms in total. The first-order valence-corrected chi connectivity index (χ1v) is 9.18. The third-order valence-corrected chi connectivity index (χ3v) is 5.73. The molecule has 2 N–H and O–H groups in total. The first-order valence-electron chi connectivity index (χ1n) is 9.18. The van der Waals surface area contributed by atoms with Crippen molar-refractivity contribution in [3.63, 3.8) is 0 Å². The summed E-state index contributed by atoms with van der Waals surface area (Å²) in [5.41, 5.74) is 10.2. The number of benzene rings is 1. The van der Waals surface area contributed by atoms with Crippen molar-refractivity contribution in [1.82, 2.24) is 14.7 Å². The average Bonchev–Trinajstić information content (AvgIpc) is 3.20. The van der Waals surface area contributed by atoms with Gasteiger partial charge in [0, 0.05) is 30.4 Å². The normalized spacial score (nSPS) is 21.2. The highest BCUT2D eigenvalue weighted by Gasteiger charge is 2.37. The van der Waals surface area contributed by atoms with Gasteiger partial charge in [0.1, 0.15) is 0 Å². The Kier molecular flexibility index (Phi) is 5.13. The summed E-state index contributed by atoms with van der Waals surface area (Å²) in [6.45, 7) is 5.70. The second kappa shape index (κ2) is 7.05. The quantitative estimate of drug-likeness (QED) is 0.878. The fourth-order valence-electron chi connectivity index (χ4n) is 4.09. The molecule has 0 saturated carbocycles. The zero-order valence-electron chi connectivity index (χ0n) is 15.4. The highest BCUT2D eigenvalue weighted by atomic mass is 35.5. The molecule has 0 bridgehead atoms. The number of hydrogen-bond donors (Lipinski definition) is 1. The second-order valence-electron chi connectivity index (χ2n) is 7.99. The average molecular weight is 375 g/mol. The molecule has 26 heavy (non-hydrogen) atoms. The number of likely N-dealkylation sites (tertiary alicyclic amines) is 1. The minimum Gasteiger partial charge on any atom is -0.337 e. The monoisotopic (exact) mass is 374 g/mol. The molecule has 0 radical (unpaired) electrons. The number of hydrogen-bond acceptors (Lipinski definition) is 3. The number of rotatable bonds is 2. The summed E-state index contributed by atoms with van der Waals surface area (Å²) in [6, 6.07) is 10.2. The molecule has 1 aromatic carbocycles. The molecule has 2 aromatic rings. The lowest BCUT2D eigenvalue weighted by Gasteiger charge is -2.42. The topological polar surface area (TPSA) is 64.2 Å². The van der Waals surface area contributed by atoms with E-state index in [1.165, 1.54) is 5.69 Å². The maximum atomic E-state index is 13.2. The standard InChI is InChI=1S/C20H26N4O.ClH/c1-20(2)13-23(12-11-17(20)21)19(25)18-15-9-6-10-16(15)24(22-18)14-7-4-3-5-8-14;/h3-5,7-8,17H,6,9-13,21H2,1-2H3;1H. The number of para-hydroxylation sites is 1. The zero-order chi connectivity index (χ0) is 17.6. The number of aromatic nitrogens is 2. The lowest BCUT2D eigenvalue weighted by atomic mass is 9.79. The van der Waals surface area contributed by atoms with Crippen LogP contribution in [0, 0.1) is 5.41 Å². The van der Waals surface area contributed by atoms with Gasteiger partial charge in [-0.2, -0.15) is 5.10 Å². The van der Waals surface area contributed by atoms with Crippen molar-refractivity contribution in [2.75, 3.05) is 13.1 Å². The van der Waals surface area contributed by atoms with Gasteiger partial charge in [-0.1, -0.05) is 32.0 Å². The van der Waals surface area contributed by atoms with E-state index in [0.717, 1.165) is 43.5 Å². The largest absolute Gasteiger partial charge is 0.337 e. The van der Waals surface area contributed by atoms with Gasteiger partial charge >= 0.3 is 0 Å². The summed E-state index contributed by atoms with van der Waals surface area (Å²) < 4.78 is 1.97. The zero-order valence-corrected chi connectivity index (χ0v) is 16.3. The van der Waals surface area contributed by atoms with Crippen molar-refractivity contribution in [2.24, 2.45) is 11.1 Å². The van der Waals surface area contributed by atoms with E-state index in [9.17, 15) is 4.79 Å². The Labute approximate surface area is 161 Å². The molecule has 1 unspecified atom stereocenters. The van der Waals surface area contributed by atoms with Crippen LogP contribution >= 0.6 is 12.4 Å². The molecular formula is C20H27ClN4O. The predicted octanol–water partition coefficient (Wildman–Crippen LogP) is 2.98. The van der Waals surface area contributed by atoms with Gasteiger partial charge in [0.25, 0.3) is 5.91 Å². The molecule has 4 rings (SSSR count). The van der Waals surface area contributed by atoms with E-state index in [-0.39, 0.29) is 29.8 Å². The van der Waals surface area contributed by atoms with Crippen LogP contribution in [0.25, 0.3) is 5.69 Å². The lowest BCUT2D eigenvalue weighted by molar-refractivity contribution is 0.0526. The number of carbonyl (C=O) groups excluding carboxylic acids is 1. The Morgan fingerprint density at radius 3 is 2.65 bits per heavy atom. The summed E-state index contributed by atoms with van der Waals surface area (Å²) in [4.78, 5) is 15.2. The molecule has 6 heteroatoms. The number of halogens is 1. The Morgan fingerprint density at radius 2 is 1.96 bits per heavy atom. The van der Waals surface area contributed by atoms with Crippen LogP contribution in [0.4, 0.5) is 0 Å². The van der Waals surface area contributed by atoms with Gasteiger partial charge in [0.2, 0.25) is 0 Å². The number of piperidine rings is 1. The molecule has 1 fully saturated rings. The smallest absolute Gasteiger partial charge is 0.274 e. The molecule has 1 amide bonds. The van der Waals surface area contributed by atoms with Crippen LogP contribution in [0.2, 0.25) is 0 Å². The summed E-state index contributed by atoms with van der Waals surface area (Å²) in [5, 5.41) is 4.74. The van der Waals surface area contributed by atoms with Crippen molar-refractivity contribution in [3.8, 4) is 5.69 Å². The molecule has 2 heterocycles. The van der Waals surface area contributed by atoms with Gasteiger partial charge in [-0.3, -0.25) is 4.79 Å². The van der Waals surface area contributed by atoms with Crippen LogP contribution in [0.15, 0.2) is 30.3 Å². The van der Waals surface area contributed by atoms with Gasteiger partial charge in [-0.05, 0) is 43.2 Å². The SMILES string of the molecule is CC1(C)CN(C(=O)c2nn(-c3ccccc3)c3c2CCC3)CCC1N.Cl. The summed E-state index contributed by atoms with van der Waals surface area (Å²) in [7, 11) is 0. The van der Waals surface area contributed by atoms with Gasteiger partial charge in [0.15, 0.2) is 5.69 Å². The van der Waals surface area contributed by atoms with E-state index in [0.29, 0.717) is 12.2 Å². The molecule has 0 spiro atoms. The van der Waals surface area contributed by atoms with Crippen LogP contribution in [-0.4, -0.2) is 39.7 Å². The molecule has 1 saturated heterocycles. The minimum absolute atomic E-state index is 0. The van der Waals surface area contributed by atoms with Crippen molar-refractivity contribution in [2.45, 2.75) is 45.6 Å². The fraction of sp³-hybridized carbons (Fsp3) is 0.500. The summed E-state index contributed by atoms with van der Waals surface area (Å²) in [5.74, 6) is 0.0628. The van der Waals surface area contributed by atoms with Crippen LogP contribution in [0.3, 0.4) is 0 Å². The fourth-order valence-corrected chi connectivity index (χ4v) is 4.09. The second-order valence-corrected chi connectivity index (χ2v) is 7.99. The maximum Gasteiger partial charge on any atom is 0.274 e. The number of fused-ring (bicyclic) bond motifs is 1. The summed E-state index contributed by atoms with van der Waals surface area (Å²) >= 11 is 0. The molecular weight excluding hydrogens is 348 g/mol. The van der Waals surface area contributed by atoms with Crippen molar-refractivity contribution >= 4 is 18.3 Å². The third kappa shape index (κ3) is 3.14. The molecule has 1 aromatic heterocycles. The highest BCUT2D eigenvalue weighted by molar-refractivity contribution is 5.94. The van der Waals surface area contributed by atoms with Gasteiger partial charge in [-0.25, -0.2) is 4.68 Å². The Bertz CT molecular complexity index is 800. The van der Waals surface area contributed by atoms with E-state index < -0.39 is 0 Å². The van der Waals surface area contributed by atoms with E-state index in [4.69, 9.17) is 10.8 Å². The number of carbonyl (C=O) groups is 1. The molecule has 1 aliphatic heterocycles. The van der Waals surface area contributed by atoms with Crippen molar-refractivity contribution in [1.29, 1.82) is 0 Å². The van der Waals surface area contributed by atoms with Crippen molar-refractivity contribution in [3.05, 3.63) is 47.3 Å². The minimum atomic E-state index is -0.0565. The van der Waals surface area contributed by atoms with Crippen molar-refractivity contribution < 1.29 is 4.79 Å². The van der Waals surface area contributed by atoms with Crippen LogP contribution < -0.4 is 5.73 Å².